The Morgan fingerprint density at radius 1 is 1.20 bits per heavy atom. The highest BCUT2D eigenvalue weighted by molar-refractivity contribution is 7.10. The van der Waals surface area contributed by atoms with E-state index in [4.69, 9.17) is 4.74 Å². The molecule has 0 radical (unpaired) electrons. The lowest BCUT2D eigenvalue weighted by Gasteiger charge is -2.10. The minimum absolute atomic E-state index is 0.798. The molecule has 0 aliphatic carbocycles. The molecule has 0 aliphatic rings. The van der Waals surface area contributed by atoms with E-state index in [-0.39, 0.29) is 0 Å². The van der Waals surface area contributed by atoms with Crippen molar-refractivity contribution in [2.75, 3.05) is 12.4 Å². The first kappa shape index (κ1) is 12.9. The average molecular weight is 284 g/mol. The third kappa shape index (κ3) is 2.34. The third-order valence-electron chi connectivity index (χ3n) is 3.37. The van der Waals surface area contributed by atoms with E-state index < -0.39 is 0 Å². The number of benzene rings is 1. The third-order valence-corrected chi connectivity index (χ3v) is 4.39. The number of hydrogen-bond donors (Lipinski definition) is 1. The van der Waals surface area contributed by atoms with Crippen molar-refractivity contribution in [2.45, 2.75) is 13.5 Å². The highest BCUT2D eigenvalue weighted by atomic mass is 32.1. The van der Waals surface area contributed by atoms with E-state index in [1.54, 1.807) is 18.4 Å². The molecular weight excluding hydrogens is 268 g/mol. The molecule has 0 saturated carbocycles. The number of methoxy groups -OCH3 is 1. The molecule has 102 valence electrons. The van der Waals surface area contributed by atoms with Crippen molar-refractivity contribution in [2.24, 2.45) is 0 Å². The molecule has 2 aromatic heterocycles. The quantitative estimate of drug-likeness (QED) is 0.778. The van der Waals surface area contributed by atoms with Crippen molar-refractivity contribution in [1.82, 2.24) is 4.98 Å². The molecule has 0 saturated heterocycles. The van der Waals surface area contributed by atoms with Gasteiger partial charge in [0.2, 0.25) is 0 Å². The lowest BCUT2D eigenvalue weighted by molar-refractivity contribution is 0.420. The van der Waals surface area contributed by atoms with E-state index in [2.05, 4.69) is 34.7 Å². The summed E-state index contributed by atoms with van der Waals surface area (Å²) in [4.78, 5) is 5.79. The molecule has 3 nitrogen and oxygen atoms in total. The Hall–Kier alpha value is -2.07. The molecule has 1 N–H and O–H groups in total. The lowest BCUT2D eigenvalue weighted by atomic mass is 10.1. The van der Waals surface area contributed by atoms with Gasteiger partial charge in [0.05, 0.1) is 13.7 Å². The van der Waals surface area contributed by atoms with E-state index in [9.17, 15) is 0 Å². The second-order valence-corrected chi connectivity index (χ2v) is 5.60. The summed E-state index contributed by atoms with van der Waals surface area (Å²) in [5.74, 6) is 1.77. The molecule has 0 amide bonds. The SMILES string of the molecule is COc1cccc2c(NCc3sccc3C)nccc12. The van der Waals surface area contributed by atoms with Gasteiger partial charge in [-0.25, -0.2) is 4.98 Å². The first-order valence-corrected chi connectivity index (χ1v) is 7.36. The van der Waals surface area contributed by atoms with Crippen LogP contribution in [-0.4, -0.2) is 12.1 Å². The summed E-state index contributed by atoms with van der Waals surface area (Å²) >= 11 is 1.77. The maximum atomic E-state index is 5.40. The van der Waals surface area contributed by atoms with Crippen molar-refractivity contribution in [1.29, 1.82) is 0 Å². The number of nitrogens with zero attached hydrogens (tertiary/aromatic N) is 1. The van der Waals surface area contributed by atoms with E-state index in [1.165, 1.54) is 10.4 Å². The predicted molar refractivity (Wildman–Crippen MR) is 84.7 cm³/mol. The summed E-state index contributed by atoms with van der Waals surface area (Å²) in [5, 5.41) is 7.71. The van der Waals surface area contributed by atoms with Crippen molar-refractivity contribution in [3.8, 4) is 5.75 Å². The van der Waals surface area contributed by atoms with Gasteiger partial charge in [-0.15, -0.1) is 11.3 Å². The molecule has 3 rings (SSSR count). The molecule has 4 heteroatoms. The fraction of sp³-hybridized carbons (Fsp3) is 0.188. The van der Waals surface area contributed by atoms with Crippen molar-refractivity contribution in [3.63, 3.8) is 0 Å². The fourth-order valence-corrected chi connectivity index (χ4v) is 3.09. The van der Waals surface area contributed by atoms with Crippen LogP contribution in [0.3, 0.4) is 0 Å². The fourth-order valence-electron chi connectivity index (χ4n) is 2.25. The zero-order valence-electron chi connectivity index (χ0n) is 11.5. The normalized spacial score (nSPS) is 10.7. The first-order chi connectivity index (χ1) is 9.79. The monoisotopic (exact) mass is 284 g/mol. The summed E-state index contributed by atoms with van der Waals surface area (Å²) in [5.41, 5.74) is 1.32. The largest absolute Gasteiger partial charge is 0.496 e. The molecule has 0 fully saturated rings. The van der Waals surface area contributed by atoms with Gasteiger partial charge in [-0.3, -0.25) is 0 Å². The van der Waals surface area contributed by atoms with Gasteiger partial charge in [-0.2, -0.15) is 0 Å². The van der Waals surface area contributed by atoms with E-state index in [0.29, 0.717) is 0 Å². The Labute approximate surface area is 122 Å². The van der Waals surface area contributed by atoms with Crippen LogP contribution in [0.4, 0.5) is 5.82 Å². The van der Waals surface area contributed by atoms with E-state index in [0.717, 1.165) is 28.9 Å². The zero-order chi connectivity index (χ0) is 13.9. The Bertz CT molecular complexity index is 736. The lowest BCUT2D eigenvalue weighted by Crippen LogP contribution is -2.01. The molecule has 0 aliphatic heterocycles. The number of rotatable bonds is 4. The summed E-state index contributed by atoms with van der Waals surface area (Å²) in [6, 6.07) is 10.1. The van der Waals surface area contributed by atoms with Gasteiger partial charge in [0.1, 0.15) is 11.6 Å². The van der Waals surface area contributed by atoms with Crippen LogP contribution in [0.1, 0.15) is 10.4 Å². The number of fused-ring (bicyclic) bond motifs is 1. The molecule has 1 aromatic carbocycles. The van der Waals surface area contributed by atoms with Crippen LogP contribution in [0.2, 0.25) is 0 Å². The van der Waals surface area contributed by atoms with Gasteiger partial charge in [-0.05, 0) is 36.1 Å². The topological polar surface area (TPSA) is 34.1 Å². The number of aromatic nitrogens is 1. The highest BCUT2D eigenvalue weighted by Crippen LogP contribution is 2.29. The van der Waals surface area contributed by atoms with Gasteiger partial charge in [0.25, 0.3) is 0 Å². The van der Waals surface area contributed by atoms with Gasteiger partial charge in [0.15, 0.2) is 0 Å². The Balaban J connectivity index is 1.94. The molecule has 2 heterocycles. The van der Waals surface area contributed by atoms with Crippen LogP contribution in [0.5, 0.6) is 5.75 Å². The van der Waals surface area contributed by atoms with Crippen LogP contribution in [0, 0.1) is 6.92 Å². The number of hydrogen-bond acceptors (Lipinski definition) is 4. The van der Waals surface area contributed by atoms with Gasteiger partial charge >= 0.3 is 0 Å². The molecule has 3 aromatic rings. The van der Waals surface area contributed by atoms with Crippen molar-refractivity contribution in [3.05, 3.63) is 52.3 Å². The Morgan fingerprint density at radius 2 is 2.10 bits per heavy atom. The summed E-state index contributed by atoms with van der Waals surface area (Å²) < 4.78 is 5.40. The second-order valence-electron chi connectivity index (χ2n) is 4.60. The minimum Gasteiger partial charge on any atom is -0.496 e. The van der Waals surface area contributed by atoms with Crippen LogP contribution in [-0.2, 0) is 6.54 Å². The van der Waals surface area contributed by atoms with Crippen LogP contribution in [0.25, 0.3) is 10.8 Å². The average Bonchev–Trinajstić information content (AvgIpc) is 2.89. The molecule has 0 spiro atoms. The van der Waals surface area contributed by atoms with Gasteiger partial charge in [0, 0.05) is 21.8 Å². The van der Waals surface area contributed by atoms with Gasteiger partial charge in [-0.1, -0.05) is 12.1 Å². The van der Waals surface area contributed by atoms with Crippen LogP contribution >= 0.6 is 11.3 Å². The second kappa shape index (κ2) is 5.51. The van der Waals surface area contributed by atoms with Crippen LogP contribution in [0.15, 0.2) is 41.9 Å². The first-order valence-electron chi connectivity index (χ1n) is 6.48. The summed E-state index contributed by atoms with van der Waals surface area (Å²) in [7, 11) is 1.69. The predicted octanol–water partition coefficient (Wildman–Crippen LogP) is 4.23. The molecular formula is C16H16N2OS. The minimum atomic E-state index is 0.798. The van der Waals surface area contributed by atoms with Crippen LogP contribution < -0.4 is 10.1 Å². The van der Waals surface area contributed by atoms with Crippen molar-refractivity contribution >= 4 is 27.9 Å². The van der Waals surface area contributed by atoms with Gasteiger partial charge < -0.3 is 10.1 Å². The van der Waals surface area contributed by atoms with E-state index in [1.807, 2.05) is 24.4 Å². The maximum absolute atomic E-state index is 5.40. The smallest absolute Gasteiger partial charge is 0.134 e. The zero-order valence-corrected chi connectivity index (χ0v) is 12.3. The Kier molecular flexibility index (Phi) is 3.56. The standard InChI is InChI=1S/C16H16N2OS/c1-11-7-9-20-15(11)10-18-16-13-4-3-5-14(19-2)12(13)6-8-17-16/h3-9H,10H2,1-2H3,(H,17,18). The molecule has 0 atom stereocenters. The number of anilines is 1. The number of pyridine rings is 1. The number of thiophene rings is 1. The summed E-state index contributed by atoms with van der Waals surface area (Å²) in [6.07, 6.45) is 1.81. The number of ether oxygens (including phenoxy) is 1. The maximum Gasteiger partial charge on any atom is 0.134 e. The Morgan fingerprint density at radius 3 is 2.85 bits per heavy atom. The molecule has 20 heavy (non-hydrogen) atoms. The highest BCUT2D eigenvalue weighted by Gasteiger charge is 2.07. The molecule has 0 unspecified atom stereocenters. The summed E-state index contributed by atoms with van der Waals surface area (Å²) in [6.45, 7) is 2.93. The van der Waals surface area contributed by atoms with Crippen molar-refractivity contribution < 1.29 is 4.74 Å². The number of nitrogens with one attached hydrogen (secondary N) is 1. The number of aryl methyl sites for hydroxylation is 1. The van der Waals surface area contributed by atoms with E-state index >= 15 is 0 Å². The molecule has 0 bridgehead atoms.